The van der Waals surface area contributed by atoms with Gasteiger partial charge in [-0.1, -0.05) is 0 Å². The summed E-state index contributed by atoms with van der Waals surface area (Å²) in [6.07, 6.45) is 0. The van der Waals surface area contributed by atoms with Crippen LogP contribution in [0.3, 0.4) is 0 Å². The zero-order valence-electron chi connectivity index (χ0n) is 11.3. The molecule has 1 aromatic heterocycles. The van der Waals surface area contributed by atoms with Gasteiger partial charge in [-0.25, -0.2) is 0 Å². The van der Waals surface area contributed by atoms with Crippen molar-refractivity contribution in [3.05, 3.63) is 27.0 Å². The average molecular weight is 312 g/mol. The molecule has 1 heterocycles. The van der Waals surface area contributed by atoms with E-state index >= 15 is 0 Å². The summed E-state index contributed by atoms with van der Waals surface area (Å²) in [5, 5.41) is 11.9. The summed E-state index contributed by atoms with van der Waals surface area (Å²) in [6, 6.07) is 0. The second-order valence-electron chi connectivity index (χ2n) is 3.92. The molecule has 1 aromatic rings. The molecule has 0 saturated heterocycles. The van der Waals surface area contributed by atoms with Gasteiger partial charge in [0.15, 0.2) is 0 Å². The molecular weight excluding hydrogens is 299 g/mol. The van der Waals surface area contributed by atoms with Crippen LogP contribution in [0, 0.1) is 6.92 Å². The van der Waals surface area contributed by atoms with Crippen LogP contribution in [0.15, 0.2) is 4.79 Å². The largest absolute Gasteiger partial charge is 1.00 e. The van der Waals surface area contributed by atoms with Crippen LogP contribution in [-0.2, 0) is 22.4 Å². The van der Waals surface area contributed by atoms with Gasteiger partial charge in [0, 0.05) is 6.54 Å². The summed E-state index contributed by atoms with van der Waals surface area (Å²) < 4.78 is 31.3. The Hall–Kier alpha value is -0.870. The first-order valence-corrected chi connectivity index (χ1v) is 6.89. The van der Waals surface area contributed by atoms with E-state index in [4.69, 9.17) is 10.3 Å². The van der Waals surface area contributed by atoms with Crippen LogP contribution >= 0.6 is 0 Å². The number of rotatable bonds is 4. The van der Waals surface area contributed by atoms with Crippen molar-refractivity contribution in [3.8, 4) is 5.88 Å². The second kappa shape index (κ2) is 6.72. The Bertz CT molecular complexity index is 695. The third-order valence-corrected chi connectivity index (χ3v) is 3.33. The maximum atomic E-state index is 11.9. The number of nitrogens with zero attached hydrogens (tertiary/aromatic N) is 1. The maximum Gasteiger partial charge on any atom is 1.00 e. The Morgan fingerprint density at radius 3 is 2.30 bits per heavy atom. The summed E-state index contributed by atoms with van der Waals surface area (Å²) in [5.41, 5.74) is 3.29. The fraction of sp³-hybridized carbons (Fsp3) is 0.400. The van der Waals surface area contributed by atoms with Crippen LogP contribution in [0.25, 0.3) is 0 Å². The molecule has 8 nitrogen and oxygen atoms in total. The molecule has 10 heteroatoms. The molecule has 1 rings (SSSR count). The molecule has 1 amide bonds. The first-order chi connectivity index (χ1) is 8.60. The van der Waals surface area contributed by atoms with Crippen LogP contribution < -0.4 is 46.0 Å². The van der Waals surface area contributed by atoms with Crippen molar-refractivity contribution in [2.24, 2.45) is 5.73 Å². The number of hydrogen-bond donors (Lipinski definition) is 2. The first kappa shape index (κ1) is 19.1. The predicted molar refractivity (Wildman–Crippen MR) is 64.3 cm³/mol. The van der Waals surface area contributed by atoms with E-state index in [2.05, 4.69) is 0 Å². The van der Waals surface area contributed by atoms with E-state index in [0.29, 0.717) is 4.57 Å². The standard InChI is InChI=1S/C10H14N2O6S.Na/c1-3-12-9(14)6(4-19(16,17)18)5(2)7(8(11)13)10(12)15;/h14H,3-4H2,1-2H3,(H2,11,13)(H,16,17,18);/q;+1/p-1. The van der Waals surface area contributed by atoms with Gasteiger partial charge in [0.05, 0.1) is 0 Å². The van der Waals surface area contributed by atoms with Crippen LogP contribution in [-0.4, -0.2) is 23.4 Å². The Kier molecular flexibility index (Phi) is 6.43. The van der Waals surface area contributed by atoms with Crippen molar-refractivity contribution in [1.29, 1.82) is 0 Å². The van der Waals surface area contributed by atoms with Gasteiger partial charge in [-0.2, -0.15) is 8.42 Å². The predicted octanol–water partition coefficient (Wildman–Crippen LogP) is -4.26. The van der Waals surface area contributed by atoms with E-state index in [1.165, 1.54) is 13.8 Å². The SMILES string of the molecule is CCn1c([O-])c(CS(=O)(=O)O)c(C)c(C(N)=O)c1=O.[Na+]. The molecule has 0 unspecified atom stereocenters. The van der Waals surface area contributed by atoms with Gasteiger partial charge in [-0.15, -0.1) is 0 Å². The van der Waals surface area contributed by atoms with E-state index < -0.39 is 38.8 Å². The smallest absolute Gasteiger partial charge is 0.860 e. The Morgan fingerprint density at radius 2 is 1.95 bits per heavy atom. The summed E-state index contributed by atoms with van der Waals surface area (Å²) >= 11 is 0. The van der Waals surface area contributed by atoms with Gasteiger partial charge < -0.3 is 15.4 Å². The van der Waals surface area contributed by atoms with E-state index in [1.807, 2.05) is 0 Å². The molecule has 0 saturated carbocycles. The molecule has 0 atom stereocenters. The summed E-state index contributed by atoms with van der Waals surface area (Å²) in [4.78, 5) is 23.1. The van der Waals surface area contributed by atoms with E-state index in [9.17, 15) is 23.1 Å². The molecule has 3 N–H and O–H groups in total. The molecule has 20 heavy (non-hydrogen) atoms. The quantitative estimate of drug-likeness (QED) is 0.426. The van der Waals surface area contributed by atoms with Gasteiger partial charge >= 0.3 is 29.6 Å². The topological polar surface area (TPSA) is 143 Å². The molecular formula is C10H13N2NaO6S. The molecule has 0 fully saturated rings. The molecule has 106 valence electrons. The van der Waals surface area contributed by atoms with Crippen LogP contribution in [0.2, 0.25) is 0 Å². The Balaban J connectivity index is 0.00000361. The molecule has 0 aliphatic heterocycles. The zero-order valence-corrected chi connectivity index (χ0v) is 14.2. The van der Waals surface area contributed by atoms with E-state index in [-0.39, 0.29) is 47.2 Å². The zero-order chi connectivity index (χ0) is 15.0. The molecule has 0 bridgehead atoms. The Morgan fingerprint density at radius 1 is 1.45 bits per heavy atom. The summed E-state index contributed by atoms with van der Waals surface area (Å²) in [5.74, 6) is -2.88. The molecule has 0 radical (unpaired) electrons. The number of aromatic nitrogens is 1. The maximum absolute atomic E-state index is 11.9. The van der Waals surface area contributed by atoms with Crippen LogP contribution in [0.5, 0.6) is 5.88 Å². The normalized spacial score (nSPS) is 10.9. The first-order valence-electron chi connectivity index (χ1n) is 5.28. The third-order valence-electron chi connectivity index (χ3n) is 2.68. The number of carbonyl (C=O) groups is 1. The number of amides is 1. The average Bonchev–Trinajstić information content (AvgIpc) is 2.23. The number of pyridine rings is 1. The van der Waals surface area contributed by atoms with E-state index in [1.54, 1.807) is 0 Å². The monoisotopic (exact) mass is 312 g/mol. The number of nitrogens with two attached hydrogens (primary N) is 1. The van der Waals surface area contributed by atoms with Gasteiger partial charge in [0.2, 0.25) is 0 Å². The van der Waals surface area contributed by atoms with Crippen molar-refractivity contribution >= 4 is 16.0 Å². The number of hydrogen-bond acceptors (Lipinski definition) is 5. The summed E-state index contributed by atoms with van der Waals surface area (Å²) in [7, 11) is -4.47. The molecule has 0 aromatic carbocycles. The van der Waals surface area contributed by atoms with Gasteiger partial charge in [-0.05, 0) is 30.9 Å². The fourth-order valence-corrected chi connectivity index (χ4v) is 2.50. The number of carbonyl (C=O) groups excluding carboxylic acids is 1. The fourth-order valence-electron chi connectivity index (χ4n) is 1.79. The number of primary amides is 1. The van der Waals surface area contributed by atoms with Crippen molar-refractivity contribution in [1.82, 2.24) is 4.57 Å². The molecule has 0 aliphatic carbocycles. The third kappa shape index (κ3) is 3.83. The molecule has 0 aliphatic rings. The van der Waals surface area contributed by atoms with Crippen molar-refractivity contribution in [2.75, 3.05) is 0 Å². The van der Waals surface area contributed by atoms with E-state index in [0.717, 1.165) is 0 Å². The van der Waals surface area contributed by atoms with Gasteiger partial charge in [0.1, 0.15) is 11.3 Å². The van der Waals surface area contributed by atoms with Crippen molar-refractivity contribution < 1.29 is 52.4 Å². The van der Waals surface area contributed by atoms with Crippen molar-refractivity contribution in [3.63, 3.8) is 0 Å². The summed E-state index contributed by atoms with van der Waals surface area (Å²) in [6.45, 7) is 2.68. The van der Waals surface area contributed by atoms with Crippen LogP contribution in [0.4, 0.5) is 0 Å². The van der Waals surface area contributed by atoms with Crippen LogP contribution in [0.1, 0.15) is 28.4 Å². The minimum absolute atomic E-state index is 0. The molecule has 0 spiro atoms. The minimum atomic E-state index is -4.47. The van der Waals surface area contributed by atoms with Gasteiger partial charge in [0.25, 0.3) is 21.6 Å². The Labute approximate surface area is 137 Å². The second-order valence-corrected chi connectivity index (χ2v) is 5.38. The van der Waals surface area contributed by atoms with Crippen molar-refractivity contribution in [2.45, 2.75) is 26.1 Å². The minimum Gasteiger partial charge on any atom is -0.860 e. The van der Waals surface area contributed by atoms with Gasteiger partial charge in [-0.3, -0.25) is 14.1 Å².